The second-order valence-electron chi connectivity index (χ2n) is 11.4. The first kappa shape index (κ1) is 29.4. The van der Waals surface area contributed by atoms with Gasteiger partial charge in [0.1, 0.15) is 42.4 Å². The Balaban J connectivity index is 1.12. The normalized spacial score (nSPS) is 44.2. The largest absolute Gasteiger partial charge is 0.472 e. The molecule has 0 radical (unpaired) electrons. The lowest BCUT2D eigenvalue weighted by Gasteiger charge is -2.30. The van der Waals surface area contributed by atoms with E-state index in [0.29, 0.717) is 11.2 Å². The molecule has 22 nitrogen and oxygen atoms in total. The number of imidazole rings is 1. The maximum atomic E-state index is 13.4. The van der Waals surface area contributed by atoms with Crippen molar-refractivity contribution in [1.29, 1.82) is 0 Å². The van der Waals surface area contributed by atoms with Crippen molar-refractivity contribution in [3.63, 3.8) is 0 Å². The molecular weight excluding hydrogens is 644 g/mol. The molecule has 3 aromatic rings. The number of ether oxygens (including phenoxy) is 1. The molecule has 1 spiro atoms. The van der Waals surface area contributed by atoms with E-state index in [4.69, 9.17) is 34.3 Å². The summed E-state index contributed by atoms with van der Waals surface area (Å²) < 4.78 is 56.9. The van der Waals surface area contributed by atoms with Crippen LogP contribution in [-0.2, 0) is 32.0 Å². The lowest BCUT2D eigenvalue weighted by atomic mass is 10.0. The van der Waals surface area contributed by atoms with Gasteiger partial charge in [0, 0.05) is 5.41 Å². The third kappa shape index (κ3) is 4.56. The summed E-state index contributed by atoms with van der Waals surface area (Å²) in [5.74, 6) is -0.167. The molecule has 24 heteroatoms. The number of nitrogens with one attached hydrogen (secondary N) is 1. The molecule has 3 aliphatic heterocycles. The Bertz CT molecular complexity index is 1810. The summed E-state index contributed by atoms with van der Waals surface area (Å²) in [6.07, 6.45) is -5.50. The molecule has 2 saturated carbocycles. The molecule has 8 rings (SSSR count). The van der Waals surface area contributed by atoms with Crippen molar-refractivity contribution < 1.29 is 52.0 Å². The number of hydrogen-bond donors (Lipinski definition) is 7. The van der Waals surface area contributed by atoms with Gasteiger partial charge in [-0.15, -0.1) is 5.11 Å². The molecular formula is C21H27N11O11P2. The maximum absolute atomic E-state index is 13.4. The molecule has 0 amide bonds. The Hall–Kier alpha value is -2.98. The highest BCUT2D eigenvalue weighted by atomic mass is 31.2. The van der Waals surface area contributed by atoms with Gasteiger partial charge < -0.3 is 40.8 Å². The fourth-order valence-corrected chi connectivity index (χ4v) is 8.77. The third-order valence-electron chi connectivity index (χ3n) is 8.96. The number of hydrogen-bond acceptors (Lipinski definition) is 18. The predicted molar refractivity (Wildman–Crippen MR) is 144 cm³/mol. The average molecular weight is 671 g/mol. The molecule has 45 heavy (non-hydrogen) atoms. The number of phosphoric acid groups is 2. The summed E-state index contributed by atoms with van der Waals surface area (Å²) in [4.78, 5) is 34.0. The number of nitrogens with two attached hydrogens (primary N) is 2. The Morgan fingerprint density at radius 1 is 1.09 bits per heavy atom. The minimum atomic E-state index is -4.99. The van der Waals surface area contributed by atoms with Gasteiger partial charge in [-0.1, -0.05) is 5.22 Å². The van der Waals surface area contributed by atoms with Crippen molar-refractivity contribution in [1.82, 2.24) is 29.3 Å². The summed E-state index contributed by atoms with van der Waals surface area (Å²) in [7, 11) is -9.95. The molecule has 4 fully saturated rings. The van der Waals surface area contributed by atoms with Crippen LogP contribution in [0.3, 0.4) is 0 Å². The van der Waals surface area contributed by atoms with Crippen LogP contribution in [0.5, 0.6) is 0 Å². The Morgan fingerprint density at radius 3 is 2.71 bits per heavy atom. The van der Waals surface area contributed by atoms with E-state index in [0.717, 1.165) is 0 Å². The number of fused-ring (bicyclic) bond motifs is 4. The topological polar surface area (TPSA) is 311 Å². The van der Waals surface area contributed by atoms with Crippen LogP contribution >= 0.6 is 15.6 Å². The lowest BCUT2D eigenvalue weighted by molar-refractivity contribution is -0.0709. The first-order chi connectivity index (χ1) is 21.4. The zero-order valence-corrected chi connectivity index (χ0v) is 24.6. The van der Waals surface area contributed by atoms with E-state index in [9.17, 15) is 29.1 Å². The molecule has 6 heterocycles. The van der Waals surface area contributed by atoms with E-state index in [1.807, 2.05) is 0 Å². The number of nitrogens with zero attached hydrogens (tertiary/aromatic N) is 8. The van der Waals surface area contributed by atoms with Crippen molar-refractivity contribution in [2.75, 3.05) is 24.4 Å². The lowest BCUT2D eigenvalue weighted by Crippen LogP contribution is -2.38. The van der Waals surface area contributed by atoms with Crippen LogP contribution in [0.4, 0.5) is 11.6 Å². The standard InChI is InChI=1S/C21H27N11O11P2/c22-16-7-2-27-32(18(7)29-30-28-16)20-14-12(33)9(41-20)3-39-44(35,36)43-15-13(34)11(8-1-21(8,15)4-40-45(37,38)42-14)31-6-26-10-17(23)24-5-25-19(10)31/h2,5-6,8-9,11-16,20,33-34H,1,3-4,22H2,(H,28,29)(H,35,36)(H,37,38)(H2,23,24,25)/t8-,9-,11?,12-,13+,14-,15+,16?,20-,21+/m1/s1. The van der Waals surface area contributed by atoms with Gasteiger partial charge in [0.15, 0.2) is 29.7 Å². The van der Waals surface area contributed by atoms with Gasteiger partial charge >= 0.3 is 15.6 Å². The van der Waals surface area contributed by atoms with Crippen molar-refractivity contribution in [3.8, 4) is 0 Å². The molecule has 4 unspecified atom stereocenters. The summed E-state index contributed by atoms with van der Waals surface area (Å²) in [5, 5.41) is 34.2. The monoisotopic (exact) mass is 671 g/mol. The zero-order valence-electron chi connectivity index (χ0n) is 22.8. The maximum Gasteiger partial charge on any atom is 0.472 e. The fraction of sp³-hybridized carbons (Fsp3) is 0.619. The first-order valence-corrected chi connectivity index (χ1v) is 16.6. The van der Waals surface area contributed by atoms with E-state index in [1.165, 1.54) is 23.5 Å². The summed E-state index contributed by atoms with van der Waals surface area (Å²) in [6.45, 7) is -1.26. The number of anilines is 2. The summed E-state index contributed by atoms with van der Waals surface area (Å²) >= 11 is 0. The summed E-state index contributed by atoms with van der Waals surface area (Å²) in [6, 6.07) is -0.808. The minimum Gasteiger partial charge on any atom is -0.388 e. The number of aliphatic hydroxyl groups is 2. The van der Waals surface area contributed by atoms with Crippen LogP contribution in [0.1, 0.15) is 30.4 Å². The highest BCUT2D eigenvalue weighted by Crippen LogP contribution is 2.72. The second-order valence-corrected chi connectivity index (χ2v) is 14.2. The van der Waals surface area contributed by atoms with Crippen molar-refractivity contribution in [2.24, 2.45) is 27.4 Å². The van der Waals surface area contributed by atoms with Crippen LogP contribution in [0.2, 0.25) is 0 Å². The smallest absolute Gasteiger partial charge is 0.388 e. The Labute approximate surface area is 251 Å². The third-order valence-corrected chi connectivity index (χ3v) is 10.9. The highest BCUT2D eigenvalue weighted by molar-refractivity contribution is 7.47. The second kappa shape index (κ2) is 10.0. The van der Waals surface area contributed by atoms with E-state index < -0.39 is 89.1 Å². The zero-order chi connectivity index (χ0) is 31.5. The predicted octanol–water partition coefficient (Wildman–Crippen LogP) is -0.747. The summed E-state index contributed by atoms with van der Waals surface area (Å²) in [5.41, 5.74) is 14.2. The van der Waals surface area contributed by atoms with Gasteiger partial charge in [0.25, 0.3) is 0 Å². The van der Waals surface area contributed by atoms with Crippen molar-refractivity contribution >= 4 is 38.4 Å². The van der Waals surface area contributed by atoms with E-state index in [1.54, 1.807) is 4.57 Å². The number of rotatable bonds is 2. The molecule has 2 bridgehead atoms. The average Bonchev–Trinajstić information content (AvgIpc) is 3.28. The van der Waals surface area contributed by atoms with Gasteiger partial charge in [-0.2, -0.15) is 5.10 Å². The van der Waals surface area contributed by atoms with Crippen molar-refractivity contribution in [3.05, 3.63) is 24.4 Å². The number of nitrogen functional groups attached to an aromatic ring is 1. The molecule has 2 saturated heterocycles. The molecule has 12 atom stereocenters. The minimum absolute atomic E-state index is 0.112. The Kier molecular flexibility index (Phi) is 6.54. The van der Waals surface area contributed by atoms with Crippen LogP contribution in [-0.4, -0.2) is 93.0 Å². The van der Waals surface area contributed by atoms with Crippen LogP contribution in [0.25, 0.3) is 11.2 Å². The molecule has 3 aromatic heterocycles. The number of aliphatic hydroxyl groups excluding tert-OH is 2. The number of aromatic nitrogens is 6. The van der Waals surface area contributed by atoms with Gasteiger partial charge in [-0.3, -0.25) is 18.1 Å². The number of phosphoric ester groups is 2. The first-order valence-electron chi connectivity index (χ1n) is 13.6. The molecule has 0 aromatic carbocycles. The van der Waals surface area contributed by atoms with E-state index in [2.05, 4.69) is 35.8 Å². The van der Waals surface area contributed by atoms with Gasteiger partial charge in [-0.05, 0) is 12.3 Å². The van der Waals surface area contributed by atoms with E-state index in [-0.39, 0.29) is 23.6 Å². The van der Waals surface area contributed by atoms with Crippen LogP contribution < -0.4 is 16.9 Å². The SMILES string of the molecule is Nc1ncnc2c1ncn2C1[C@H]2C[C@]23COP(=O)(O)O[C@@H]2[C@H](O)[C@@H](COP(=O)(O)O[C@H]3[C@H]1O)O[C@H]2n1ncc2c1NN=NC2N. The van der Waals surface area contributed by atoms with Crippen molar-refractivity contribution in [2.45, 2.75) is 55.4 Å². The molecule has 5 aliphatic rings. The van der Waals surface area contributed by atoms with Gasteiger partial charge in [0.2, 0.25) is 0 Å². The van der Waals surface area contributed by atoms with Crippen LogP contribution in [0, 0.1) is 11.3 Å². The van der Waals surface area contributed by atoms with Gasteiger partial charge in [-0.25, -0.2) is 34.2 Å². The molecule has 2 aliphatic carbocycles. The Morgan fingerprint density at radius 2 is 1.89 bits per heavy atom. The highest BCUT2D eigenvalue weighted by Gasteiger charge is 2.74. The quantitative estimate of drug-likeness (QED) is 0.165. The molecule has 242 valence electrons. The van der Waals surface area contributed by atoms with Crippen LogP contribution in [0.15, 0.2) is 29.2 Å². The van der Waals surface area contributed by atoms with Gasteiger partial charge in [0.05, 0.1) is 37.3 Å². The van der Waals surface area contributed by atoms with E-state index >= 15 is 0 Å². The molecule has 9 N–H and O–H groups in total. The fourth-order valence-electron chi connectivity index (χ4n) is 6.75.